The number of anilines is 1. The lowest BCUT2D eigenvalue weighted by Crippen LogP contribution is -2.49. The minimum Gasteiger partial charge on any atom is -0.489 e. The van der Waals surface area contributed by atoms with E-state index in [2.05, 4.69) is 10.4 Å². The van der Waals surface area contributed by atoms with Gasteiger partial charge < -0.3 is 15.0 Å². The Morgan fingerprint density at radius 1 is 1.27 bits per heavy atom. The third kappa shape index (κ3) is 3.50. The summed E-state index contributed by atoms with van der Waals surface area (Å²) in [6, 6.07) is 6.01. The Balaban J connectivity index is 1.57. The van der Waals surface area contributed by atoms with Gasteiger partial charge in [-0.25, -0.2) is 0 Å². The minimum atomic E-state index is -4.33. The van der Waals surface area contributed by atoms with Crippen LogP contribution in [0.15, 0.2) is 24.3 Å². The van der Waals surface area contributed by atoms with Gasteiger partial charge in [0.2, 0.25) is 0 Å². The number of rotatable bonds is 2. The molecule has 0 fully saturated rings. The molecule has 1 aromatic heterocycles. The van der Waals surface area contributed by atoms with Gasteiger partial charge >= 0.3 is 6.18 Å². The van der Waals surface area contributed by atoms with E-state index in [0.29, 0.717) is 22.7 Å². The molecule has 2 heterocycles. The highest BCUT2D eigenvalue weighted by molar-refractivity contribution is 6.03. The average Bonchev–Trinajstić information content (AvgIpc) is 2.98. The molecule has 2 amide bonds. The highest BCUT2D eigenvalue weighted by Gasteiger charge is 2.43. The number of nitrogens with one attached hydrogen (secondary N) is 1. The van der Waals surface area contributed by atoms with Gasteiger partial charge in [0, 0.05) is 19.7 Å². The first kappa shape index (κ1) is 20.2. The number of benzene rings is 1. The standard InChI is InChI=1S/C20H21F3N4O3/c1-26-15-5-3-4-6-16(15)30-10-14(19(26)29)24-18(28)17-12-9-11(20(21,22)23)7-8-13(12)25-27(17)2/h3-6,11,14H,7-10H2,1-2H3,(H,24,28)/t11-,14+/m1/s1. The third-order valence-electron chi connectivity index (χ3n) is 5.65. The number of halogens is 3. The molecule has 2 aromatic rings. The van der Waals surface area contributed by atoms with E-state index in [4.69, 9.17) is 4.74 Å². The Hall–Kier alpha value is -3.04. The van der Waals surface area contributed by atoms with Crippen molar-refractivity contribution < 1.29 is 27.5 Å². The van der Waals surface area contributed by atoms with Gasteiger partial charge in [-0.15, -0.1) is 0 Å². The molecule has 0 saturated heterocycles. The predicted molar refractivity (Wildman–Crippen MR) is 101 cm³/mol. The number of alkyl halides is 3. The van der Waals surface area contributed by atoms with Crippen LogP contribution in [0, 0.1) is 5.92 Å². The molecule has 2 atom stereocenters. The summed E-state index contributed by atoms with van der Waals surface area (Å²) < 4.78 is 46.6. The van der Waals surface area contributed by atoms with Crippen molar-refractivity contribution in [2.45, 2.75) is 31.5 Å². The number of para-hydroxylation sites is 2. The maximum atomic E-state index is 13.2. The van der Waals surface area contributed by atoms with E-state index in [9.17, 15) is 22.8 Å². The van der Waals surface area contributed by atoms with Gasteiger partial charge in [0.1, 0.15) is 24.1 Å². The predicted octanol–water partition coefficient (Wildman–Crippen LogP) is 2.24. The average molecular weight is 422 g/mol. The number of carbonyl (C=O) groups is 2. The van der Waals surface area contributed by atoms with Gasteiger partial charge in [-0.05, 0) is 31.4 Å². The Morgan fingerprint density at radius 3 is 2.73 bits per heavy atom. The molecule has 1 N–H and O–H groups in total. The molecule has 10 heteroatoms. The molecule has 1 aliphatic heterocycles. The molecule has 4 rings (SSSR count). The minimum absolute atomic E-state index is 0.0490. The molecule has 7 nitrogen and oxygen atoms in total. The van der Waals surface area contributed by atoms with E-state index in [-0.39, 0.29) is 37.5 Å². The largest absolute Gasteiger partial charge is 0.489 e. The molecule has 0 saturated carbocycles. The summed E-state index contributed by atoms with van der Waals surface area (Å²) in [5.41, 5.74) is 1.42. The number of ether oxygens (including phenoxy) is 1. The van der Waals surface area contributed by atoms with Gasteiger partial charge in [-0.1, -0.05) is 12.1 Å². The van der Waals surface area contributed by atoms with Crippen LogP contribution in [0.5, 0.6) is 5.75 Å². The Kier molecular flexibility index (Phi) is 4.95. The van der Waals surface area contributed by atoms with Crippen LogP contribution in [0.1, 0.15) is 28.2 Å². The maximum absolute atomic E-state index is 13.2. The lowest BCUT2D eigenvalue weighted by molar-refractivity contribution is -0.177. The molecule has 30 heavy (non-hydrogen) atoms. The fourth-order valence-corrected chi connectivity index (χ4v) is 4.04. The first-order valence-corrected chi connectivity index (χ1v) is 9.58. The molecule has 0 radical (unpaired) electrons. The van der Waals surface area contributed by atoms with Gasteiger partial charge in [0.25, 0.3) is 11.8 Å². The topological polar surface area (TPSA) is 76.5 Å². The second kappa shape index (κ2) is 7.33. The maximum Gasteiger partial charge on any atom is 0.392 e. The first-order chi connectivity index (χ1) is 14.2. The number of hydrogen-bond donors (Lipinski definition) is 1. The fraction of sp³-hybridized carbons (Fsp3) is 0.450. The van der Waals surface area contributed by atoms with Crippen molar-refractivity contribution in [2.75, 3.05) is 18.6 Å². The second-order valence-corrected chi connectivity index (χ2v) is 7.58. The highest BCUT2D eigenvalue weighted by atomic mass is 19.4. The van der Waals surface area contributed by atoms with E-state index < -0.39 is 24.0 Å². The van der Waals surface area contributed by atoms with Crippen molar-refractivity contribution in [3.8, 4) is 5.75 Å². The number of amides is 2. The number of fused-ring (bicyclic) bond motifs is 2. The van der Waals surface area contributed by atoms with Crippen LogP contribution < -0.4 is 15.0 Å². The van der Waals surface area contributed by atoms with Crippen molar-refractivity contribution >= 4 is 17.5 Å². The monoisotopic (exact) mass is 422 g/mol. The zero-order chi connectivity index (χ0) is 21.6. The van der Waals surface area contributed by atoms with Crippen LogP contribution in [0.25, 0.3) is 0 Å². The third-order valence-corrected chi connectivity index (χ3v) is 5.65. The highest BCUT2D eigenvalue weighted by Crippen LogP contribution is 2.38. The second-order valence-electron chi connectivity index (χ2n) is 7.58. The van der Waals surface area contributed by atoms with Gasteiger partial charge in [0.05, 0.1) is 17.3 Å². The number of nitrogens with zero attached hydrogens (tertiary/aromatic N) is 3. The number of carbonyl (C=O) groups excluding carboxylic acids is 2. The Morgan fingerprint density at radius 2 is 2.00 bits per heavy atom. The summed E-state index contributed by atoms with van der Waals surface area (Å²) >= 11 is 0. The normalized spacial score (nSPS) is 21.4. The smallest absolute Gasteiger partial charge is 0.392 e. The van der Waals surface area contributed by atoms with Crippen molar-refractivity contribution in [2.24, 2.45) is 13.0 Å². The molecular formula is C20H21F3N4O3. The zero-order valence-corrected chi connectivity index (χ0v) is 16.5. The summed E-state index contributed by atoms with van der Waals surface area (Å²) in [7, 11) is 3.10. The number of likely N-dealkylation sites (N-methyl/N-ethyl adjacent to an activating group) is 1. The lowest BCUT2D eigenvalue weighted by Gasteiger charge is -2.24. The summed E-state index contributed by atoms with van der Waals surface area (Å²) in [5.74, 6) is -2.02. The summed E-state index contributed by atoms with van der Waals surface area (Å²) in [5, 5.41) is 6.85. The molecule has 2 aliphatic rings. The zero-order valence-electron chi connectivity index (χ0n) is 16.5. The van der Waals surface area contributed by atoms with E-state index >= 15 is 0 Å². The van der Waals surface area contributed by atoms with Crippen LogP contribution in [-0.4, -0.2) is 47.5 Å². The summed E-state index contributed by atoms with van der Waals surface area (Å²) in [4.78, 5) is 27.2. The van der Waals surface area contributed by atoms with Crippen molar-refractivity contribution in [3.05, 3.63) is 41.2 Å². The van der Waals surface area contributed by atoms with E-state index in [1.165, 1.54) is 16.6 Å². The lowest BCUT2D eigenvalue weighted by atomic mass is 9.86. The molecule has 1 aliphatic carbocycles. The number of aryl methyl sites for hydroxylation is 2. The number of hydrogen-bond acceptors (Lipinski definition) is 4. The van der Waals surface area contributed by atoms with Crippen LogP contribution in [-0.2, 0) is 24.7 Å². The molecule has 160 valence electrons. The SMILES string of the molecule is CN1C(=O)[C@@H](NC(=O)c2c3c(nn2C)CC[C@@H](C(F)(F)F)C3)COc2ccccc21. The summed E-state index contributed by atoms with van der Waals surface area (Å²) in [6.07, 6.45) is -4.52. The Labute approximate surface area is 170 Å². The quantitative estimate of drug-likeness (QED) is 0.806. The molecule has 0 unspecified atom stereocenters. The van der Waals surface area contributed by atoms with Crippen LogP contribution in [0.2, 0.25) is 0 Å². The van der Waals surface area contributed by atoms with Crippen molar-refractivity contribution in [3.63, 3.8) is 0 Å². The molecule has 0 spiro atoms. The van der Waals surface area contributed by atoms with Gasteiger partial charge in [-0.2, -0.15) is 18.3 Å². The first-order valence-electron chi connectivity index (χ1n) is 9.58. The van der Waals surface area contributed by atoms with Crippen LogP contribution >= 0.6 is 0 Å². The van der Waals surface area contributed by atoms with Crippen molar-refractivity contribution in [1.29, 1.82) is 0 Å². The van der Waals surface area contributed by atoms with Gasteiger partial charge in [-0.3, -0.25) is 14.3 Å². The number of aromatic nitrogens is 2. The Bertz CT molecular complexity index is 1000. The van der Waals surface area contributed by atoms with Gasteiger partial charge in [0.15, 0.2) is 0 Å². The molecular weight excluding hydrogens is 401 g/mol. The summed E-state index contributed by atoms with van der Waals surface area (Å²) in [6.45, 7) is -0.0862. The van der Waals surface area contributed by atoms with E-state index in [1.807, 2.05) is 0 Å². The van der Waals surface area contributed by atoms with Crippen LogP contribution in [0.3, 0.4) is 0 Å². The van der Waals surface area contributed by atoms with Crippen LogP contribution in [0.4, 0.5) is 18.9 Å². The molecule has 1 aromatic carbocycles. The van der Waals surface area contributed by atoms with Crippen molar-refractivity contribution in [1.82, 2.24) is 15.1 Å². The molecule has 0 bridgehead atoms. The van der Waals surface area contributed by atoms with E-state index in [1.54, 1.807) is 31.3 Å². The fourth-order valence-electron chi connectivity index (χ4n) is 4.04. The van der Waals surface area contributed by atoms with E-state index in [0.717, 1.165) is 0 Å².